The van der Waals surface area contributed by atoms with E-state index in [1.54, 1.807) is 0 Å². The van der Waals surface area contributed by atoms with Gasteiger partial charge >= 0.3 is 11.8 Å². The van der Waals surface area contributed by atoms with Gasteiger partial charge in [-0.1, -0.05) is 25.0 Å². The smallest absolute Gasteiger partial charge is 0.313 e. The number of hydrogen-bond donors (Lipinski definition) is 3. The third kappa shape index (κ3) is 4.31. The molecule has 1 aliphatic carbocycles. The molecule has 22 heavy (non-hydrogen) atoms. The Kier molecular flexibility index (Phi) is 5.55. The van der Waals surface area contributed by atoms with E-state index in [2.05, 4.69) is 10.6 Å². The van der Waals surface area contributed by atoms with Crippen LogP contribution in [0.15, 0.2) is 18.2 Å². The van der Waals surface area contributed by atoms with Crippen LogP contribution in [0.5, 0.6) is 0 Å². The number of anilines is 1. The van der Waals surface area contributed by atoms with Crippen LogP contribution in [0.4, 0.5) is 5.69 Å². The second-order valence-electron chi connectivity index (χ2n) is 6.09. The second-order valence-corrected chi connectivity index (χ2v) is 6.09. The van der Waals surface area contributed by atoms with Crippen LogP contribution >= 0.6 is 0 Å². The summed E-state index contributed by atoms with van der Waals surface area (Å²) in [5.74, 6) is -1.27. The molecule has 2 rings (SSSR count). The lowest BCUT2D eigenvalue weighted by molar-refractivity contribution is -0.136. The fourth-order valence-electron chi connectivity index (χ4n) is 2.78. The van der Waals surface area contributed by atoms with Crippen molar-refractivity contribution in [3.63, 3.8) is 0 Å². The van der Waals surface area contributed by atoms with Crippen LogP contribution in [0.1, 0.15) is 36.8 Å². The van der Waals surface area contributed by atoms with Gasteiger partial charge in [0.05, 0.1) is 6.10 Å². The van der Waals surface area contributed by atoms with Crippen LogP contribution in [0.2, 0.25) is 0 Å². The highest BCUT2D eigenvalue weighted by molar-refractivity contribution is 6.39. The van der Waals surface area contributed by atoms with Gasteiger partial charge in [-0.2, -0.15) is 0 Å². The Hall–Kier alpha value is -1.88. The summed E-state index contributed by atoms with van der Waals surface area (Å²) in [6, 6.07) is 5.70. The summed E-state index contributed by atoms with van der Waals surface area (Å²) in [4.78, 5) is 23.8. The summed E-state index contributed by atoms with van der Waals surface area (Å²) >= 11 is 0. The zero-order valence-corrected chi connectivity index (χ0v) is 13.2. The van der Waals surface area contributed by atoms with E-state index in [1.807, 2.05) is 32.0 Å². The van der Waals surface area contributed by atoms with E-state index < -0.39 is 11.8 Å². The number of aryl methyl sites for hydroxylation is 2. The van der Waals surface area contributed by atoms with Gasteiger partial charge in [0.25, 0.3) is 0 Å². The maximum Gasteiger partial charge on any atom is 0.313 e. The molecule has 0 heterocycles. The highest BCUT2D eigenvalue weighted by atomic mass is 16.3. The molecule has 5 nitrogen and oxygen atoms in total. The first-order valence-electron chi connectivity index (χ1n) is 7.82. The van der Waals surface area contributed by atoms with E-state index in [0.717, 1.165) is 36.8 Å². The molecule has 1 aliphatic rings. The Labute approximate surface area is 131 Å². The first-order valence-corrected chi connectivity index (χ1v) is 7.82. The lowest BCUT2D eigenvalue weighted by atomic mass is 9.86. The minimum absolute atomic E-state index is 0.0474. The van der Waals surface area contributed by atoms with Gasteiger partial charge in [0.1, 0.15) is 0 Å². The molecular weight excluding hydrogens is 280 g/mol. The van der Waals surface area contributed by atoms with E-state index in [-0.39, 0.29) is 12.0 Å². The zero-order chi connectivity index (χ0) is 16.1. The molecule has 120 valence electrons. The summed E-state index contributed by atoms with van der Waals surface area (Å²) in [6.45, 7) is 4.16. The average Bonchev–Trinajstić information content (AvgIpc) is 2.49. The van der Waals surface area contributed by atoms with E-state index >= 15 is 0 Å². The lowest BCUT2D eigenvalue weighted by Gasteiger charge is -2.27. The first kappa shape index (κ1) is 16.5. The Morgan fingerprint density at radius 2 is 1.91 bits per heavy atom. The highest BCUT2D eigenvalue weighted by Gasteiger charge is 2.24. The Morgan fingerprint density at radius 3 is 2.64 bits per heavy atom. The third-order valence-corrected chi connectivity index (χ3v) is 4.24. The summed E-state index contributed by atoms with van der Waals surface area (Å²) in [5.41, 5.74) is 2.58. The van der Waals surface area contributed by atoms with Crippen molar-refractivity contribution in [3.05, 3.63) is 29.3 Å². The van der Waals surface area contributed by atoms with E-state index in [9.17, 15) is 14.7 Å². The Morgan fingerprint density at radius 1 is 1.18 bits per heavy atom. The normalized spacial score (nSPS) is 21.2. The molecule has 2 amide bonds. The van der Waals surface area contributed by atoms with Crippen LogP contribution in [-0.4, -0.2) is 29.6 Å². The molecule has 0 aromatic heterocycles. The summed E-state index contributed by atoms with van der Waals surface area (Å²) in [7, 11) is 0. The van der Waals surface area contributed by atoms with E-state index in [1.165, 1.54) is 0 Å². The Bertz CT molecular complexity index is 557. The maximum atomic E-state index is 11.9. The fraction of sp³-hybridized carbons (Fsp3) is 0.529. The zero-order valence-electron chi connectivity index (χ0n) is 13.2. The Balaban J connectivity index is 1.86. The predicted molar refractivity (Wildman–Crippen MR) is 85.5 cm³/mol. The van der Waals surface area contributed by atoms with Gasteiger partial charge in [0, 0.05) is 18.2 Å². The van der Waals surface area contributed by atoms with Crippen LogP contribution < -0.4 is 10.6 Å². The van der Waals surface area contributed by atoms with Gasteiger partial charge in [-0.3, -0.25) is 9.59 Å². The minimum Gasteiger partial charge on any atom is -0.393 e. The van der Waals surface area contributed by atoms with Crippen LogP contribution in [0, 0.1) is 19.8 Å². The summed E-state index contributed by atoms with van der Waals surface area (Å²) in [6.07, 6.45) is 3.37. The second kappa shape index (κ2) is 7.40. The van der Waals surface area contributed by atoms with Crippen LogP contribution in [0.3, 0.4) is 0 Å². The molecule has 1 fully saturated rings. The van der Waals surface area contributed by atoms with Crippen molar-refractivity contribution in [3.8, 4) is 0 Å². The van der Waals surface area contributed by atoms with Crippen molar-refractivity contribution in [1.82, 2.24) is 5.32 Å². The molecule has 0 spiro atoms. The number of carbonyl (C=O) groups excluding carboxylic acids is 2. The number of aliphatic hydroxyl groups is 1. The molecule has 3 N–H and O–H groups in total. The van der Waals surface area contributed by atoms with Crippen molar-refractivity contribution in [2.45, 2.75) is 45.6 Å². The van der Waals surface area contributed by atoms with Gasteiger partial charge in [-0.05, 0) is 43.9 Å². The quantitative estimate of drug-likeness (QED) is 0.746. The van der Waals surface area contributed by atoms with Gasteiger partial charge in [0.15, 0.2) is 0 Å². The van der Waals surface area contributed by atoms with Crippen molar-refractivity contribution in [1.29, 1.82) is 0 Å². The molecule has 0 aliphatic heterocycles. The van der Waals surface area contributed by atoms with Crippen LogP contribution in [-0.2, 0) is 9.59 Å². The number of benzene rings is 1. The number of nitrogens with one attached hydrogen (secondary N) is 2. The topological polar surface area (TPSA) is 78.4 Å². The molecule has 0 bridgehead atoms. The van der Waals surface area contributed by atoms with Gasteiger partial charge in [-0.25, -0.2) is 0 Å². The van der Waals surface area contributed by atoms with E-state index in [0.29, 0.717) is 12.2 Å². The van der Waals surface area contributed by atoms with Gasteiger partial charge in [-0.15, -0.1) is 0 Å². The van der Waals surface area contributed by atoms with Crippen molar-refractivity contribution in [2.24, 2.45) is 5.92 Å². The summed E-state index contributed by atoms with van der Waals surface area (Å²) < 4.78 is 0. The van der Waals surface area contributed by atoms with Crippen molar-refractivity contribution < 1.29 is 14.7 Å². The standard InChI is InChI=1S/C17H24N2O3/c1-11-7-8-12(2)14(9-11)19-17(22)16(21)18-10-13-5-3-4-6-15(13)20/h7-9,13,15,20H,3-6,10H2,1-2H3,(H,18,21)(H,19,22). The van der Waals surface area contributed by atoms with Crippen LogP contribution in [0.25, 0.3) is 0 Å². The SMILES string of the molecule is Cc1ccc(C)c(NC(=O)C(=O)NCC2CCCCC2O)c1. The monoisotopic (exact) mass is 304 g/mol. The predicted octanol–water partition coefficient (Wildman–Crippen LogP) is 1.91. The first-order chi connectivity index (χ1) is 10.5. The molecule has 1 saturated carbocycles. The number of aliphatic hydroxyl groups excluding tert-OH is 1. The molecule has 2 unspecified atom stereocenters. The van der Waals surface area contributed by atoms with Crippen molar-refractivity contribution >= 4 is 17.5 Å². The number of rotatable bonds is 3. The van der Waals surface area contributed by atoms with E-state index in [4.69, 9.17) is 0 Å². The molecule has 2 atom stereocenters. The van der Waals surface area contributed by atoms with Crippen molar-refractivity contribution in [2.75, 3.05) is 11.9 Å². The van der Waals surface area contributed by atoms with Gasteiger partial charge in [0.2, 0.25) is 0 Å². The fourth-order valence-corrected chi connectivity index (χ4v) is 2.78. The lowest BCUT2D eigenvalue weighted by Crippen LogP contribution is -2.41. The molecular formula is C17H24N2O3. The molecule has 1 aromatic rings. The maximum absolute atomic E-state index is 11.9. The molecule has 1 aromatic carbocycles. The molecule has 0 radical (unpaired) electrons. The minimum atomic E-state index is -0.668. The molecule has 0 saturated heterocycles. The molecule has 5 heteroatoms. The van der Waals surface area contributed by atoms with Gasteiger partial charge < -0.3 is 15.7 Å². The third-order valence-electron chi connectivity index (χ3n) is 4.24. The largest absolute Gasteiger partial charge is 0.393 e. The number of carbonyl (C=O) groups is 2. The summed E-state index contributed by atoms with van der Waals surface area (Å²) in [5, 5.41) is 15.1. The highest BCUT2D eigenvalue weighted by Crippen LogP contribution is 2.23. The average molecular weight is 304 g/mol. The number of amides is 2. The number of hydrogen-bond acceptors (Lipinski definition) is 3.